The third-order valence-electron chi connectivity index (χ3n) is 3.90. The molecule has 3 unspecified atom stereocenters. The van der Waals surface area contributed by atoms with E-state index in [1.54, 1.807) is 0 Å². The smallest absolute Gasteiger partial charge is 0.184 e. The topological polar surface area (TPSA) is 38.8 Å². The summed E-state index contributed by atoms with van der Waals surface area (Å²) in [7, 11) is 0. The van der Waals surface area contributed by atoms with E-state index in [0.717, 1.165) is 64.2 Å². The van der Waals surface area contributed by atoms with E-state index >= 15 is 0 Å². The number of epoxide rings is 1. The summed E-state index contributed by atoms with van der Waals surface area (Å²) < 4.78 is 11.6. The number of rotatable bonds is 2. The van der Waals surface area contributed by atoms with Crippen LogP contribution in [-0.4, -0.2) is 24.3 Å². The van der Waals surface area contributed by atoms with Crippen molar-refractivity contribution in [2.75, 3.05) is 0 Å². The maximum absolute atomic E-state index is 11.7. The van der Waals surface area contributed by atoms with Crippen LogP contribution >= 0.6 is 0 Å². The van der Waals surface area contributed by atoms with Crippen molar-refractivity contribution in [2.45, 2.75) is 89.6 Å². The molecule has 0 aromatic rings. The second-order valence-corrected chi connectivity index (χ2v) is 5.62. The molecule has 2 heterocycles. The molecule has 18 heavy (non-hydrogen) atoms. The molecule has 2 aliphatic rings. The highest BCUT2D eigenvalue weighted by Crippen LogP contribution is 2.31. The molecule has 0 amide bonds. The monoisotopic (exact) mass is 254 g/mol. The zero-order valence-electron chi connectivity index (χ0n) is 11.5. The van der Waals surface area contributed by atoms with Crippen LogP contribution in [0.4, 0.5) is 0 Å². The summed E-state index contributed by atoms with van der Waals surface area (Å²) in [4.78, 5) is 11.7. The Morgan fingerprint density at radius 2 is 1.89 bits per heavy atom. The van der Waals surface area contributed by atoms with Gasteiger partial charge in [-0.1, -0.05) is 26.2 Å². The van der Waals surface area contributed by atoms with E-state index in [0.29, 0.717) is 18.0 Å². The molecule has 0 radical (unpaired) electrons. The standard InChI is InChI=1S/C15H26O3/c1-2-7-13-10-6-9-12(16)8-4-3-5-11-14-15(17-13)18-14/h13-15H,2-11H2,1H3. The maximum Gasteiger partial charge on any atom is 0.184 e. The second kappa shape index (κ2) is 7.25. The number of fused-ring (bicyclic) bond motifs is 1. The van der Waals surface area contributed by atoms with Gasteiger partial charge in [0.2, 0.25) is 0 Å². The predicted octanol–water partition coefficient (Wildman–Crippen LogP) is 3.60. The molecule has 0 aromatic carbocycles. The molecule has 3 atom stereocenters. The lowest BCUT2D eigenvalue weighted by Gasteiger charge is -2.15. The number of hydrogen-bond donors (Lipinski definition) is 0. The van der Waals surface area contributed by atoms with E-state index in [1.807, 2.05) is 0 Å². The summed E-state index contributed by atoms with van der Waals surface area (Å²) in [5.74, 6) is 0.436. The average Bonchev–Trinajstić information content (AvgIpc) is 3.06. The predicted molar refractivity (Wildman–Crippen MR) is 70.4 cm³/mol. The molecule has 3 heteroatoms. The molecule has 104 valence electrons. The molecular weight excluding hydrogens is 228 g/mol. The fourth-order valence-corrected chi connectivity index (χ4v) is 2.74. The Labute approximate surface area is 110 Å². The van der Waals surface area contributed by atoms with E-state index in [9.17, 15) is 4.79 Å². The van der Waals surface area contributed by atoms with Gasteiger partial charge in [0.15, 0.2) is 6.29 Å². The normalized spacial score (nSPS) is 34.9. The Morgan fingerprint density at radius 1 is 1.06 bits per heavy atom. The quantitative estimate of drug-likeness (QED) is 0.707. The van der Waals surface area contributed by atoms with E-state index in [1.165, 1.54) is 0 Å². The molecule has 0 aliphatic carbocycles. The fraction of sp³-hybridized carbons (Fsp3) is 0.933. The summed E-state index contributed by atoms with van der Waals surface area (Å²) in [5.41, 5.74) is 0. The number of ketones is 1. The Kier molecular flexibility index (Phi) is 5.64. The van der Waals surface area contributed by atoms with Crippen molar-refractivity contribution < 1.29 is 14.3 Å². The van der Waals surface area contributed by atoms with Crippen molar-refractivity contribution in [2.24, 2.45) is 0 Å². The average molecular weight is 254 g/mol. The van der Waals surface area contributed by atoms with Crippen LogP contribution in [0.5, 0.6) is 0 Å². The van der Waals surface area contributed by atoms with Crippen LogP contribution in [0.25, 0.3) is 0 Å². The first-order chi connectivity index (χ1) is 8.79. The van der Waals surface area contributed by atoms with E-state index < -0.39 is 0 Å². The molecule has 0 saturated carbocycles. The van der Waals surface area contributed by atoms with Crippen LogP contribution in [-0.2, 0) is 14.3 Å². The molecule has 0 aromatic heterocycles. The van der Waals surface area contributed by atoms with Gasteiger partial charge >= 0.3 is 0 Å². The first kappa shape index (κ1) is 14.0. The second-order valence-electron chi connectivity index (χ2n) is 5.62. The third-order valence-corrected chi connectivity index (χ3v) is 3.90. The lowest BCUT2D eigenvalue weighted by molar-refractivity contribution is -0.119. The molecule has 3 nitrogen and oxygen atoms in total. The number of carbonyl (C=O) groups is 1. The third kappa shape index (κ3) is 4.69. The van der Waals surface area contributed by atoms with Gasteiger partial charge in [-0.25, -0.2) is 0 Å². The summed E-state index contributed by atoms with van der Waals surface area (Å²) in [6.45, 7) is 2.18. The lowest BCUT2D eigenvalue weighted by atomic mass is 10.0. The number of Topliss-reactive ketones (excluding diaryl/α,β-unsaturated/α-hetero) is 1. The summed E-state index contributed by atoms with van der Waals surface area (Å²) in [5, 5.41) is 0. The minimum Gasteiger partial charge on any atom is -0.347 e. The van der Waals surface area contributed by atoms with Gasteiger partial charge in [-0.15, -0.1) is 0 Å². The van der Waals surface area contributed by atoms with Crippen molar-refractivity contribution in [1.29, 1.82) is 0 Å². The zero-order valence-corrected chi connectivity index (χ0v) is 11.5. The minimum atomic E-state index is 0.0537. The number of ether oxygens (including phenoxy) is 2. The van der Waals surface area contributed by atoms with E-state index in [4.69, 9.17) is 9.47 Å². The zero-order chi connectivity index (χ0) is 12.8. The van der Waals surface area contributed by atoms with Gasteiger partial charge in [0.1, 0.15) is 11.9 Å². The molecule has 2 aliphatic heterocycles. The van der Waals surface area contributed by atoms with Crippen molar-refractivity contribution >= 4 is 5.78 Å². The molecule has 0 bridgehead atoms. The van der Waals surface area contributed by atoms with Crippen molar-refractivity contribution in [3.8, 4) is 0 Å². The van der Waals surface area contributed by atoms with E-state index in [2.05, 4.69) is 6.92 Å². The Hall–Kier alpha value is -0.410. The van der Waals surface area contributed by atoms with Crippen LogP contribution in [0.3, 0.4) is 0 Å². The van der Waals surface area contributed by atoms with Crippen molar-refractivity contribution in [3.63, 3.8) is 0 Å². The van der Waals surface area contributed by atoms with Crippen LogP contribution in [0.2, 0.25) is 0 Å². The Balaban J connectivity index is 1.81. The van der Waals surface area contributed by atoms with Crippen LogP contribution < -0.4 is 0 Å². The van der Waals surface area contributed by atoms with Gasteiger partial charge in [0.25, 0.3) is 0 Å². The number of hydrogen-bond acceptors (Lipinski definition) is 3. The first-order valence-corrected chi connectivity index (χ1v) is 7.62. The summed E-state index contributed by atoms with van der Waals surface area (Å²) in [6.07, 6.45) is 10.8. The fourth-order valence-electron chi connectivity index (χ4n) is 2.74. The SMILES string of the molecule is CCCC1CCCC(=O)CCCCCC2OC2O1. The van der Waals surface area contributed by atoms with Gasteiger partial charge in [0, 0.05) is 12.8 Å². The van der Waals surface area contributed by atoms with Gasteiger partial charge in [-0.05, 0) is 32.1 Å². The molecule has 2 fully saturated rings. The lowest BCUT2D eigenvalue weighted by Crippen LogP contribution is -2.16. The molecule has 2 saturated heterocycles. The number of carbonyl (C=O) groups excluding carboxylic acids is 1. The largest absolute Gasteiger partial charge is 0.347 e. The Morgan fingerprint density at radius 3 is 2.72 bits per heavy atom. The maximum atomic E-state index is 11.7. The molecule has 0 N–H and O–H groups in total. The highest BCUT2D eigenvalue weighted by molar-refractivity contribution is 5.78. The van der Waals surface area contributed by atoms with Gasteiger partial charge < -0.3 is 9.47 Å². The van der Waals surface area contributed by atoms with Crippen LogP contribution in [0, 0.1) is 0 Å². The molecular formula is C15H26O3. The van der Waals surface area contributed by atoms with Gasteiger partial charge in [-0.2, -0.15) is 0 Å². The van der Waals surface area contributed by atoms with Gasteiger partial charge in [-0.3, -0.25) is 4.79 Å². The summed E-state index contributed by atoms with van der Waals surface area (Å²) in [6, 6.07) is 0. The summed E-state index contributed by atoms with van der Waals surface area (Å²) >= 11 is 0. The highest BCUT2D eigenvalue weighted by atomic mass is 16.8. The van der Waals surface area contributed by atoms with Gasteiger partial charge in [0.05, 0.1) is 6.10 Å². The molecule has 0 spiro atoms. The van der Waals surface area contributed by atoms with E-state index in [-0.39, 0.29) is 6.29 Å². The Bertz CT molecular complexity index is 264. The first-order valence-electron chi connectivity index (χ1n) is 7.62. The highest BCUT2D eigenvalue weighted by Gasteiger charge is 2.40. The van der Waals surface area contributed by atoms with Crippen molar-refractivity contribution in [1.82, 2.24) is 0 Å². The van der Waals surface area contributed by atoms with Crippen molar-refractivity contribution in [3.05, 3.63) is 0 Å². The van der Waals surface area contributed by atoms with Crippen LogP contribution in [0.15, 0.2) is 0 Å². The minimum absolute atomic E-state index is 0.0537. The van der Waals surface area contributed by atoms with Crippen LogP contribution in [0.1, 0.15) is 71.1 Å². The molecule has 2 rings (SSSR count).